The Bertz CT molecular complexity index is 946. The number of hydrogen-bond acceptors (Lipinski definition) is 4. The molecule has 0 saturated heterocycles. The van der Waals surface area contributed by atoms with Crippen LogP contribution >= 0.6 is 11.6 Å². The summed E-state index contributed by atoms with van der Waals surface area (Å²) in [5.74, 6) is -1.47. The van der Waals surface area contributed by atoms with Gasteiger partial charge < -0.3 is 5.11 Å². The lowest BCUT2D eigenvalue weighted by molar-refractivity contribution is -0.123. The summed E-state index contributed by atoms with van der Waals surface area (Å²) in [5.41, 5.74) is 1.01. The van der Waals surface area contributed by atoms with Crippen molar-refractivity contribution in [2.24, 2.45) is 5.41 Å². The van der Waals surface area contributed by atoms with E-state index in [4.69, 9.17) is 11.6 Å². The number of carbonyl (C=O) groups is 2. The molecular weight excluding hydrogens is 364 g/mol. The first kappa shape index (κ1) is 19.1. The number of hydrogen-bond donors (Lipinski definition) is 1. The van der Waals surface area contributed by atoms with Gasteiger partial charge in [-0.3, -0.25) is 19.5 Å². The van der Waals surface area contributed by atoms with E-state index in [1.807, 2.05) is 0 Å². The van der Waals surface area contributed by atoms with Gasteiger partial charge in [0.25, 0.3) is 5.91 Å². The van der Waals surface area contributed by atoms with Crippen LogP contribution in [0, 0.1) is 12.3 Å². The number of aliphatic hydroxyl groups excluding tert-OH is 1. The Balaban J connectivity index is 2.25. The van der Waals surface area contributed by atoms with Crippen LogP contribution in [0.25, 0.3) is 0 Å². The zero-order chi connectivity index (χ0) is 19.9. The Kier molecular flexibility index (Phi) is 4.82. The number of ketones is 1. The van der Waals surface area contributed by atoms with Crippen LogP contribution in [0.5, 0.6) is 0 Å². The summed E-state index contributed by atoms with van der Waals surface area (Å²) in [7, 11) is 0. The lowest BCUT2D eigenvalue weighted by atomic mass is 9.83. The molecule has 0 fully saturated rings. The zero-order valence-corrected chi connectivity index (χ0v) is 16.4. The molecule has 1 N–H and O–H groups in total. The molecule has 0 bridgehead atoms. The molecule has 1 aromatic carbocycles. The van der Waals surface area contributed by atoms with Crippen molar-refractivity contribution in [2.75, 3.05) is 4.90 Å². The third kappa shape index (κ3) is 3.23. The molecule has 0 saturated carbocycles. The lowest BCUT2D eigenvalue weighted by Gasteiger charge is -2.29. The molecule has 1 amide bonds. The molecular formula is C21H21ClN2O3. The molecule has 1 aromatic heterocycles. The first-order valence-electron chi connectivity index (χ1n) is 8.62. The van der Waals surface area contributed by atoms with Crippen LogP contribution in [0.15, 0.2) is 53.9 Å². The second kappa shape index (κ2) is 6.82. The van der Waals surface area contributed by atoms with E-state index >= 15 is 0 Å². The predicted molar refractivity (Wildman–Crippen MR) is 105 cm³/mol. The maximum absolute atomic E-state index is 13.1. The van der Waals surface area contributed by atoms with Crippen LogP contribution in [0.1, 0.15) is 38.1 Å². The number of rotatable bonds is 3. The molecule has 2 aromatic rings. The molecule has 0 radical (unpaired) electrons. The maximum Gasteiger partial charge on any atom is 0.294 e. The smallest absolute Gasteiger partial charge is 0.294 e. The quantitative estimate of drug-likeness (QED) is 0.842. The summed E-state index contributed by atoms with van der Waals surface area (Å²) >= 11 is 6.24. The van der Waals surface area contributed by atoms with E-state index in [0.717, 1.165) is 0 Å². The van der Waals surface area contributed by atoms with Crippen molar-refractivity contribution in [1.29, 1.82) is 0 Å². The second-order valence-electron chi connectivity index (χ2n) is 7.56. The maximum atomic E-state index is 13.1. The van der Waals surface area contributed by atoms with Gasteiger partial charge in [-0.15, -0.1) is 0 Å². The largest absolute Gasteiger partial charge is 0.503 e. The first-order chi connectivity index (χ1) is 12.6. The van der Waals surface area contributed by atoms with Crippen molar-refractivity contribution < 1.29 is 14.7 Å². The van der Waals surface area contributed by atoms with Gasteiger partial charge in [-0.25, -0.2) is 0 Å². The van der Waals surface area contributed by atoms with Crippen molar-refractivity contribution in [2.45, 2.75) is 33.7 Å². The number of nitrogens with zero attached hydrogens (tertiary/aromatic N) is 2. The number of benzene rings is 1. The fraction of sp³-hybridized carbons (Fsp3) is 0.286. The van der Waals surface area contributed by atoms with Crippen molar-refractivity contribution >= 4 is 29.0 Å². The van der Waals surface area contributed by atoms with E-state index in [0.29, 0.717) is 22.0 Å². The minimum atomic E-state index is -0.817. The predicted octanol–water partition coefficient (Wildman–Crippen LogP) is 4.56. The molecule has 0 spiro atoms. The van der Waals surface area contributed by atoms with Gasteiger partial charge in [0.1, 0.15) is 6.04 Å². The fourth-order valence-corrected chi connectivity index (χ4v) is 3.33. The third-order valence-corrected chi connectivity index (χ3v) is 5.01. The average Bonchev–Trinajstić information content (AvgIpc) is 2.88. The Morgan fingerprint density at radius 1 is 1.19 bits per heavy atom. The summed E-state index contributed by atoms with van der Waals surface area (Å²) in [4.78, 5) is 31.8. The van der Waals surface area contributed by atoms with Gasteiger partial charge in [-0.2, -0.15) is 0 Å². The van der Waals surface area contributed by atoms with Gasteiger partial charge in [0, 0.05) is 22.3 Å². The monoisotopic (exact) mass is 384 g/mol. The van der Waals surface area contributed by atoms with Gasteiger partial charge in [0.05, 0.1) is 11.3 Å². The van der Waals surface area contributed by atoms with Gasteiger partial charge in [-0.05, 0) is 36.8 Å². The van der Waals surface area contributed by atoms with Crippen LogP contribution in [0.2, 0.25) is 5.02 Å². The lowest BCUT2D eigenvalue weighted by Crippen LogP contribution is -2.33. The summed E-state index contributed by atoms with van der Waals surface area (Å²) in [6, 6.07) is 9.66. The molecule has 1 unspecified atom stereocenters. The fourth-order valence-electron chi connectivity index (χ4n) is 3.16. The van der Waals surface area contributed by atoms with E-state index in [1.165, 1.54) is 4.90 Å². The summed E-state index contributed by atoms with van der Waals surface area (Å²) in [6.07, 6.45) is 1.59. The van der Waals surface area contributed by atoms with Gasteiger partial charge in [0.15, 0.2) is 11.5 Å². The van der Waals surface area contributed by atoms with E-state index < -0.39 is 23.1 Å². The number of amides is 1. The number of halogens is 1. The third-order valence-electron chi connectivity index (χ3n) is 4.60. The van der Waals surface area contributed by atoms with Crippen molar-refractivity contribution in [3.63, 3.8) is 0 Å². The standard InChI is InChI=1S/C21H21ClN2O3/c1-12-13(22)8-7-10-15(12)24-17(14-9-5-6-11-23-14)16(18(25)20(24)27)19(26)21(2,3)4/h5-11,17,25H,1-4H3. The number of Topliss-reactive ketones (excluding diaryl/α,β-unsaturated/α-hetero) is 1. The number of anilines is 1. The summed E-state index contributed by atoms with van der Waals surface area (Å²) < 4.78 is 0. The van der Waals surface area contributed by atoms with E-state index in [1.54, 1.807) is 70.3 Å². The van der Waals surface area contributed by atoms with Crippen LogP contribution in [0.3, 0.4) is 0 Å². The van der Waals surface area contributed by atoms with Crippen LogP contribution in [-0.2, 0) is 9.59 Å². The molecule has 1 aliphatic rings. The van der Waals surface area contributed by atoms with Crippen LogP contribution < -0.4 is 4.90 Å². The summed E-state index contributed by atoms with van der Waals surface area (Å²) in [6.45, 7) is 7.05. The minimum Gasteiger partial charge on any atom is -0.503 e. The van der Waals surface area contributed by atoms with E-state index in [-0.39, 0.29) is 11.4 Å². The molecule has 1 aliphatic heterocycles. The highest BCUT2D eigenvalue weighted by atomic mass is 35.5. The Morgan fingerprint density at radius 3 is 2.48 bits per heavy atom. The highest BCUT2D eigenvalue weighted by Gasteiger charge is 2.47. The van der Waals surface area contributed by atoms with Crippen molar-refractivity contribution in [3.05, 3.63) is 70.2 Å². The average molecular weight is 385 g/mol. The van der Waals surface area contributed by atoms with Gasteiger partial charge in [0.2, 0.25) is 0 Å². The SMILES string of the molecule is Cc1c(Cl)cccc1N1C(=O)C(O)=C(C(=O)C(C)(C)C)C1c1ccccn1. The normalized spacial score (nSPS) is 17.6. The van der Waals surface area contributed by atoms with E-state index in [9.17, 15) is 14.7 Å². The molecule has 1 atom stereocenters. The molecule has 3 rings (SSSR count). The van der Waals surface area contributed by atoms with Crippen LogP contribution in [-0.4, -0.2) is 21.8 Å². The number of pyridine rings is 1. The van der Waals surface area contributed by atoms with Crippen molar-refractivity contribution in [1.82, 2.24) is 4.98 Å². The van der Waals surface area contributed by atoms with Crippen molar-refractivity contribution in [3.8, 4) is 0 Å². The minimum absolute atomic E-state index is 0.0607. The van der Waals surface area contributed by atoms with Gasteiger partial charge >= 0.3 is 0 Å². The number of aliphatic hydroxyl groups is 1. The highest BCUT2D eigenvalue weighted by molar-refractivity contribution is 6.32. The molecule has 140 valence electrons. The number of aromatic nitrogens is 1. The Morgan fingerprint density at radius 2 is 1.89 bits per heavy atom. The molecule has 0 aliphatic carbocycles. The van der Waals surface area contributed by atoms with Crippen LogP contribution in [0.4, 0.5) is 5.69 Å². The second-order valence-corrected chi connectivity index (χ2v) is 7.96. The number of carbonyl (C=O) groups excluding carboxylic acids is 2. The summed E-state index contributed by atoms with van der Waals surface area (Å²) in [5, 5.41) is 11.1. The molecule has 5 nitrogen and oxygen atoms in total. The molecule has 2 heterocycles. The zero-order valence-electron chi connectivity index (χ0n) is 15.7. The topological polar surface area (TPSA) is 70.5 Å². The van der Waals surface area contributed by atoms with Gasteiger partial charge in [-0.1, -0.05) is 44.5 Å². The first-order valence-corrected chi connectivity index (χ1v) is 9.00. The molecule has 6 heteroatoms. The Hall–Kier alpha value is -2.66. The molecule has 27 heavy (non-hydrogen) atoms. The highest BCUT2D eigenvalue weighted by Crippen LogP contribution is 2.44. The van der Waals surface area contributed by atoms with E-state index in [2.05, 4.69) is 4.98 Å². The Labute approximate surface area is 163 Å².